The lowest BCUT2D eigenvalue weighted by Crippen LogP contribution is -2.17. The quantitative estimate of drug-likeness (QED) is 0.579. The van der Waals surface area contributed by atoms with Crippen LogP contribution in [0.2, 0.25) is 0 Å². The van der Waals surface area contributed by atoms with Gasteiger partial charge < -0.3 is 15.6 Å². The molecule has 0 unspecified atom stereocenters. The molecule has 0 aliphatic heterocycles. The lowest BCUT2D eigenvalue weighted by Gasteiger charge is -2.23. The Balaban J connectivity index is 2.46. The first kappa shape index (κ1) is 15.4. The highest BCUT2D eigenvalue weighted by molar-refractivity contribution is 5.97. The van der Waals surface area contributed by atoms with Crippen LogP contribution in [0.25, 0.3) is 0 Å². The number of nitrogens with zero attached hydrogens (tertiary/aromatic N) is 2. The van der Waals surface area contributed by atoms with E-state index in [1.807, 2.05) is 6.07 Å². The first-order chi connectivity index (χ1) is 8.98. The molecule has 0 aliphatic carbocycles. The molecule has 0 amide bonds. The topological polar surface area (TPSA) is 80.7 Å². The number of ether oxygens (including phenoxy) is 1. The van der Waals surface area contributed by atoms with Gasteiger partial charge in [-0.15, -0.1) is 0 Å². The third-order valence-electron chi connectivity index (χ3n) is 3.09. The van der Waals surface area contributed by atoms with Gasteiger partial charge in [-0.3, -0.25) is 4.99 Å². The van der Waals surface area contributed by atoms with Crippen molar-refractivity contribution in [3.8, 4) is 5.88 Å². The smallest absolute Gasteiger partial charge is 0.213 e. The van der Waals surface area contributed by atoms with Crippen LogP contribution in [-0.4, -0.2) is 36.2 Å². The van der Waals surface area contributed by atoms with Gasteiger partial charge in [-0.25, -0.2) is 4.98 Å². The molecule has 0 spiro atoms. The highest BCUT2D eigenvalue weighted by Crippen LogP contribution is 2.24. The second-order valence-electron chi connectivity index (χ2n) is 5.23. The number of aliphatic hydroxyl groups is 1. The normalized spacial score (nSPS) is 12.5. The molecule has 1 rings (SSSR count). The van der Waals surface area contributed by atoms with E-state index in [1.54, 1.807) is 19.3 Å². The van der Waals surface area contributed by atoms with E-state index >= 15 is 0 Å². The summed E-state index contributed by atoms with van der Waals surface area (Å²) in [5.41, 5.74) is 6.55. The maximum Gasteiger partial charge on any atom is 0.213 e. The second kappa shape index (κ2) is 7.09. The molecular weight excluding hydrogens is 242 g/mol. The van der Waals surface area contributed by atoms with E-state index in [2.05, 4.69) is 23.8 Å². The van der Waals surface area contributed by atoms with Crippen LogP contribution in [0, 0.1) is 5.41 Å². The molecule has 19 heavy (non-hydrogen) atoms. The van der Waals surface area contributed by atoms with E-state index in [4.69, 9.17) is 15.6 Å². The van der Waals surface area contributed by atoms with Crippen molar-refractivity contribution in [1.82, 2.24) is 4.98 Å². The van der Waals surface area contributed by atoms with Gasteiger partial charge in [0.2, 0.25) is 5.88 Å². The molecule has 0 fully saturated rings. The van der Waals surface area contributed by atoms with Gasteiger partial charge in [0.05, 0.1) is 6.61 Å². The number of aromatic nitrogens is 1. The molecule has 5 heteroatoms. The van der Waals surface area contributed by atoms with E-state index in [9.17, 15) is 0 Å². The summed E-state index contributed by atoms with van der Waals surface area (Å²) in [6.07, 6.45) is 3.29. The fourth-order valence-electron chi connectivity index (χ4n) is 1.61. The Morgan fingerprint density at radius 1 is 1.42 bits per heavy atom. The van der Waals surface area contributed by atoms with Crippen LogP contribution < -0.4 is 10.5 Å². The summed E-state index contributed by atoms with van der Waals surface area (Å²) in [5, 5.41) is 8.95. The van der Waals surface area contributed by atoms with Crippen LogP contribution in [-0.2, 0) is 0 Å². The third-order valence-corrected chi connectivity index (χ3v) is 3.09. The molecule has 1 aromatic heterocycles. The number of hydrogen-bond acceptors (Lipinski definition) is 4. The van der Waals surface area contributed by atoms with Gasteiger partial charge in [-0.2, -0.15) is 0 Å². The lowest BCUT2D eigenvalue weighted by molar-refractivity contribution is 0.170. The van der Waals surface area contributed by atoms with Crippen molar-refractivity contribution in [2.45, 2.75) is 26.7 Å². The minimum absolute atomic E-state index is 0.0774. The average molecular weight is 265 g/mol. The zero-order chi connectivity index (χ0) is 14.3. The Labute approximate surface area is 114 Å². The van der Waals surface area contributed by atoms with Gasteiger partial charge in [0.15, 0.2) is 0 Å². The molecule has 1 heterocycles. The Kier molecular flexibility index (Phi) is 5.76. The number of hydrogen-bond donors (Lipinski definition) is 2. The van der Waals surface area contributed by atoms with Crippen molar-refractivity contribution in [1.29, 1.82) is 0 Å². The number of nitrogens with two attached hydrogens (primary N) is 1. The number of aliphatic hydroxyl groups excluding tert-OH is 1. The molecule has 0 atom stereocenters. The van der Waals surface area contributed by atoms with Gasteiger partial charge in [0.25, 0.3) is 0 Å². The maximum absolute atomic E-state index is 8.95. The van der Waals surface area contributed by atoms with Crippen LogP contribution in [0.4, 0.5) is 0 Å². The Hall–Kier alpha value is -1.62. The van der Waals surface area contributed by atoms with Crippen molar-refractivity contribution >= 4 is 5.84 Å². The number of pyridine rings is 1. The first-order valence-electron chi connectivity index (χ1n) is 6.41. The average Bonchev–Trinajstić information content (AvgIpc) is 2.38. The highest BCUT2D eigenvalue weighted by atomic mass is 16.5. The molecule has 1 aromatic rings. The summed E-state index contributed by atoms with van der Waals surface area (Å²) >= 11 is 0. The minimum Gasteiger partial charge on any atom is -0.478 e. The van der Waals surface area contributed by atoms with E-state index in [-0.39, 0.29) is 12.0 Å². The summed E-state index contributed by atoms with van der Waals surface area (Å²) in [4.78, 5) is 8.07. The largest absolute Gasteiger partial charge is 0.478 e. The Morgan fingerprint density at radius 2 is 2.16 bits per heavy atom. The van der Waals surface area contributed by atoms with Crippen LogP contribution in [0.15, 0.2) is 23.3 Å². The van der Waals surface area contributed by atoms with Crippen molar-refractivity contribution in [2.24, 2.45) is 16.1 Å². The fraction of sp³-hybridized carbons (Fsp3) is 0.571. The van der Waals surface area contributed by atoms with E-state index in [0.717, 1.165) is 18.4 Å². The fourth-order valence-corrected chi connectivity index (χ4v) is 1.61. The van der Waals surface area contributed by atoms with Gasteiger partial charge >= 0.3 is 0 Å². The Morgan fingerprint density at radius 3 is 2.68 bits per heavy atom. The highest BCUT2D eigenvalue weighted by Gasteiger charge is 2.17. The summed E-state index contributed by atoms with van der Waals surface area (Å²) in [7, 11) is 1.64. The molecule has 0 saturated carbocycles. The standard InChI is InChI=1S/C14H23N3O2/c1-14(2,6-8-18)7-9-19-12-5-4-11(10-17-12)13(15)16-3/h4-5,10,18H,6-9H2,1-3H3,(H2,15,16). The van der Waals surface area contributed by atoms with Crippen LogP contribution in [0.5, 0.6) is 5.88 Å². The van der Waals surface area contributed by atoms with Crippen molar-refractivity contribution < 1.29 is 9.84 Å². The van der Waals surface area contributed by atoms with Crippen LogP contribution in [0.1, 0.15) is 32.3 Å². The van der Waals surface area contributed by atoms with Gasteiger partial charge in [-0.05, 0) is 24.3 Å². The van der Waals surface area contributed by atoms with E-state index < -0.39 is 0 Å². The SMILES string of the molecule is C/N=C(\N)c1ccc(OCCC(C)(C)CCO)nc1. The predicted octanol–water partition coefficient (Wildman–Crippen LogP) is 1.59. The first-order valence-corrected chi connectivity index (χ1v) is 6.41. The second-order valence-corrected chi connectivity index (χ2v) is 5.23. The molecule has 0 aliphatic rings. The molecule has 3 N–H and O–H groups in total. The molecule has 0 bridgehead atoms. The van der Waals surface area contributed by atoms with Crippen molar-refractivity contribution in [2.75, 3.05) is 20.3 Å². The van der Waals surface area contributed by atoms with E-state index in [1.165, 1.54) is 0 Å². The van der Waals surface area contributed by atoms with E-state index in [0.29, 0.717) is 18.3 Å². The van der Waals surface area contributed by atoms with Crippen LogP contribution in [0.3, 0.4) is 0 Å². The molecular formula is C14H23N3O2. The Bertz CT molecular complexity index is 413. The zero-order valence-corrected chi connectivity index (χ0v) is 11.9. The molecule has 5 nitrogen and oxygen atoms in total. The molecule has 0 saturated heterocycles. The summed E-state index contributed by atoms with van der Waals surface area (Å²) < 4.78 is 5.58. The molecule has 0 radical (unpaired) electrons. The predicted molar refractivity (Wildman–Crippen MR) is 76.5 cm³/mol. The number of rotatable bonds is 7. The summed E-state index contributed by atoms with van der Waals surface area (Å²) in [6, 6.07) is 3.62. The third kappa shape index (κ3) is 5.26. The number of amidine groups is 1. The van der Waals surface area contributed by atoms with Crippen molar-refractivity contribution in [3.63, 3.8) is 0 Å². The zero-order valence-electron chi connectivity index (χ0n) is 11.9. The minimum atomic E-state index is 0.0774. The molecule has 106 valence electrons. The van der Waals surface area contributed by atoms with Crippen LogP contribution >= 0.6 is 0 Å². The monoisotopic (exact) mass is 265 g/mol. The molecule has 0 aromatic carbocycles. The van der Waals surface area contributed by atoms with Gasteiger partial charge in [0, 0.05) is 31.5 Å². The lowest BCUT2D eigenvalue weighted by atomic mass is 9.86. The van der Waals surface area contributed by atoms with Gasteiger partial charge in [-0.1, -0.05) is 13.8 Å². The van der Waals surface area contributed by atoms with Gasteiger partial charge in [0.1, 0.15) is 5.84 Å². The number of aliphatic imine (C=N–C) groups is 1. The summed E-state index contributed by atoms with van der Waals surface area (Å²) in [6.45, 7) is 5.01. The van der Waals surface area contributed by atoms with Crippen molar-refractivity contribution in [3.05, 3.63) is 23.9 Å². The maximum atomic E-state index is 8.95. The summed E-state index contributed by atoms with van der Waals surface area (Å²) in [5.74, 6) is 1.04.